The molecule has 3 aliphatic heterocycles. The summed E-state index contributed by atoms with van der Waals surface area (Å²) >= 11 is 1.33. The molecule has 0 unspecified atom stereocenters. The number of nitriles is 1. The number of carbonyl (C=O) groups excluding carboxylic acids is 1. The van der Waals surface area contributed by atoms with Crippen LogP contribution in [0.4, 0.5) is 5.69 Å². The first-order chi connectivity index (χ1) is 17.2. The van der Waals surface area contributed by atoms with Crippen molar-refractivity contribution in [2.75, 3.05) is 17.2 Å². The van der Waals surface area contributed by atoms with Gasteiger partial charge in [-0.2, -0.15) is 9.94 Å². The maximum Gasteiger partial charge on any atom is 0.284 e. The number of rotatable bonds is 6. The van der Waals surface area contributed by atoms with Crippen LogP contribution in [0.2, 0.25) is 0 Å². The van der Waals surface area contributed by atoms with Gasteiger partial charge in [-0.1, -0.05) is 54.6 Å². The Hall–Kier alpha value is -3.90. The molecule has 0 saturated carbocycles. The number of fused-ring (bicyclic) bond motifs is 3. The topological polar surface area (TPSA) is 96.8 Å². The molecule has 0 radical (unpaired) electrons. The summed E-state index contributed by atoms with van der Waals surface area (Å²) in [4.78, 5) is 32.7. The fourth-order valence-corrected chi connectivity index (χ4v) is 5.33. The van der Waals surface area contributed by atoms with Gasteiger partial charge in [-0.3, -0.25) is 14.5 Å². The Morgan fingerprint density at radius 1 is 1.06 bits per heavy atom. The fourth-order valence-electron chi connectivity index (χ4n) is 4.41. The number of anilines is 1. The number of carbonyl (C=O) groups is 1. The third-order valence-corrected chi connectivity index (χ3v) is 7.05. The molecule has 3 aliphatic rings. The van der Waals surface area contributed by atoms with Gasteiger partial charge in [0.1, 0.15) is 12.1 Å². The summed E-state index contributed by atoms with van der Waals surface area (Å²) in [5.41, 5.74) is 2.71. The molecule has 8 nitrogen and oxygen atoms in total. The monoisotopic (exact) mass is 484 g/mol. The van der Waals surface area contributed by atoms with Gasteiger partial charge in [0.15, 0.2) is 11.0 Å². The lowest BCUT2D eigenvalue weighted by atomic mass is 10.1. The van der Waals surface area contributed by atoms with Gasteiger partial charge in [-0.05, 0) is 43.5 Å². The zero-order valence-electron chi connectivity index (χ0n) is 19.1. The average molecular weight is 485 g/mol. The molecule has 0 aromatic heterocycles. The van der Waals surface area contributed by atoms with Crippen molar-refractivity contribution in [3.8, 4) is 23.1 Å². The average Bonchev–Trinajstić information content (AvgIpc) is 3.05. The summed E-state index contributed by atoms with van der Waals surface area (Å²) in [6.07, 6.45) is 3.80. The summed E-state index contributed by atoms with van der Waals surface area (Å²) in [5, 5.41) is 14.5. The quantitative estimate of drug-likeness (QED) is 0.234. The highest BCUT2D eigenvalue weighted by Crippen LogP contribution is 2.30. The fraction of sp³-hybridized carbons (Fsp3) is 0.269. The second-order valence-electron chi connectivity index (χ2n) is 8.32. The maximum atomic E-state index is 13.4. The molecule has 9 heteroatoms. The molecule has 5 rings (SSSR count). The third-order valence-electron chi connectivity index (χ3n) is 6.09. The highest BCUT2D eigenvalue weighted by molar-refractivity contribution is 7.99. The van der Waals surface area contributed by atoms with Gasteiger partial charge < -0.3 is 4.57 Å². The van der Waals surface area contributed by atoms with Crippen molar-refractivity contribution in [1.29, 1.82) is 5.26 Å². The Morgan fingerprint density at radius 2 is 1.80 bits per heavy atom. The Kier molecular flexibility index (Phi) is 6.64. The van der Waals surface area contributed by atoms with Crippen molar-refractivity contribution in [2.45, 2.75) is 37.4 Å². The van der Waals surface area contributed by atoms with Crippen LogP contribution in [0.1, 0.15) is 25.0 Å². The van der Waals surface area contributed by atoms with Gasteiger partial charge in [0, 0.05) is 17.9 Å². The third kappa shape index (κ3) is 4.57. The first-order valence-electron chi connectivity index (χ1n) is 11.6. The minimum atomic E-state index is -0.174. The van der Waals surface area contributed by atoms with Crippen molar-refractivity contribution < 1.29 is 4.79 Å². The van der Waals surface area contributed by atoms with Crippen molar-refractivity contribution >= 4 is 23.4 Å². The second-order valence-corrected chi connectivity index (χ2v) is 9.26. The number of benzene rings is 2. The molecule has 0 bridgehead atoms. The van der Waals surface area contributed by atoms with Crippen molar-refractivity contribution in [2.24, 2.45) is 0 Å². The molecule has 2 aromatic carbocycles. The molecule has 0 spiro atoms. The highest BCUT2D eigenvalue weighted by atomic mass is 32.2. The van der Waals surface area contributed by atoms with Crippen LogP contribution in [0.3, 0.4) is 0 Å². The first-order valence-corrected chi connectivity index (χ1v) is 12.6. The van der Waals surface area contributed by atoms with Crippen LogP contribution < -0.4 is 10.5 Å². The Labute approximate surface area is 207 Å². The van der Waals surface area contributed by atoms with Gasteiger partial charge >= 0.3 is 0 Å². The predicted octanol–water partition coefficient (Wildman–Crippen LogP) is 3.91. The van der Waals surface area contributed by atoms with Crippen LogP contribution in [0.25, 0.3) is 17.1 Å². The van der Waals surface area contributed by atoms with E-state index in [1.54, 1.807) is 0 Å². The zero-order valence-corrected chi connectivity index (χ0v) is 19.9. The normalized spacial score (nSPS) is 13.1. The van der Waals surface area contributed by atoms with E-state index >= 15 is 0 Å². The molecule has 3 heterocycles. The lowest BCUT2D eigenvalue weighted by molar-refractivity contribution is -0.116. The number of aromatic nitrogens is 4. The number of para-hydroxylation sites is 2. The molecular formula is C26H24N6O2S. The number of nitrogens with zero attached hydrogens (tertiary/aromatic N) is 6. The molecule has 35 heavy (non-hydrogen) atoms. The van der Waals surface area contributed by atoms with E-state index in [1.807, 2.05) is 60.7 Å². The van der Waals surface area contributed by atoms with Crippen LogP contribution >= 0.6 is 11.8 Å². The summed E-state index contributed by atoms with van der Waals surface area (Å²) in [6, 6.07) is 20.6. The van der Waals surface area contributed by atoms with Crippen molar-refractivity contribution in [3.63, 3.8) is 0 Å². The minimum absolute atomic E-state index is 0.0257. The summed E-state index contributed by atoms with van der Waals surface area (Å²) in [5.74, 6) is 0.351. The molecule has 1 amide bonds. The van der Waals surface area contributed by atoms with Crippen LogP contribution in [-0.2, 0) is 17.8 Å². The van der Waals surface area contributed by atoms with E-state index in [0.29, 0.717) is 27.9 Å². The van der Waals surface area contributed by atoms with Crippen LogP contribution in [0.15, 0.2) is 70.6 Å². The second kappa shape index (κ2) is 10.2. The van der Waals surface area contributed by atoms with Crippen LogP contribution in [0.5, 0.6) is 0 Å². The lowest BCUT2D eigenvalue weighted by Crippen LogP contribution is -2.33. The standard InChI is InChI=1S/C26H24N6O2S/c27-15-17-30(19-10-4-1-5-11-19)22(33)18-35-26-28-24-23(21-14-8-3-9-16-31(21)26)25(34)32(29-24)20-12-6-2-7-13-20/h1-2,4-7,10-13H,3,8-9,14,16-18H2. The first kappa shape index (κ1) is 22.9. The number of hydrogen-bond acceptors (Lipinski definition) is 6. The smallest absolute Gasteiger partial charge is 0.284 e. The molecule has 0 atom stereocenters. The van der Waals surface area contributed by atoms with E-state index in [1.165, 1.54) is 21.3 Å². The molecule has 0 fully saturated rings. The summed E-state index contributed by atoms with van der Waals surface area (Å²) in [6.45, 7) is 0.716. The molecular weight excluding hydrogens is 460 g/mol. The van der Waals surface area contributed by atoms with Gasteiger partial charge in [0.05, 0.1) is 17.5 Å². The van der Waals surface area contributed by atoms with Gasteiger partial charge in [0.25, 0.3) is 5.56 Å². The lowest BCUT2D eigenvalue weighted by Gasteiger charge is -2.21. The van der Waals surface area contributed by atoms with Gasteiger partial charge in [-0.15, -0.1) is 5.10 Å². The van der Waals surface area contributed by atoms with E-state index in [2.05, 4.69) is 15.7 Å². The van der Waals surface area contributed by atoms with Crippen molar-refractivity contribution in [3.05, 3.63) is 76.7 Å². The van der Waals surface area contributed by atoms with E-state index in [0.717, 1.165) is 37.9 Å². The van der Waals surface area contributed by atoms with Crippen molar-refractivity contribution in [1.82, 2.24) is 19.3 Å². The van der Waals surface area contributed by atoms with E-state index < -0.39 is 0 Å². The summed E-state index contributed by atoms with van der Waals surface area (Å²) in [7, 11) is 0. The van der Waals surface area contributed by atoms with Crippen LogP contribution in [0, 0.1) is 11.3 Å². The van der Waals surface area contributed by atoms with Gasteiger partial charge in [-0.25, -0.2) is 4.98 Å². The molecule has 0 saturated heterocycles. The highest BCUT2D eigenvalue weighted by Gasteiger charge is 2.27. The number of amides is 1. The van der Waals surface area contributed by atoms with Gasteiger partial charge in [0.2, 0.25) is 5.91 Å². The van der Waals surface area contributed by atoms with E-state index in [4.69, 9.17) is 4.98 Å². The van der Waals surface area contributed by atoms with E-state index in [9.17, 15) is 14.9 Å². The maximum absolute atomic E-state index is 13.4. The largest absolute Gasteiger partial charge is 0.324 e. The molecule has 0 aliphatic carbocycles. The molecule has 0 N–H and O–H groups in total. The summed E-state index contributed by atoms with van der Waals surface area (Å²) < 4.78 is 3.50. The minimum Gasteiger partial charge on any atom is -0.324 e. The Morgan fingerprint density at radius 3 is 2.54 bits per heavy atom. The Bertz CT molecular complexity index is 1410. The number of thioether (sulfide) groups is 1. The number of hydrogen-bond donors (Lipinski definition) is 0. The Balaban J connectivity index is 1.51. The van der Waals surface area contributed by atoms with Crippen LogP contribution in [-0.4, -0.2) is 37.5 Å². The SMILES string of the molecule is N#CCN(C(=O)CSc1nc2nn(-c3ccccc3)c(=O)c-2c2n1CCCCC2)c1ccccc1. The predicted molar refractivity (Wildman–Crippen MR) is 135 cm³/mol. The zero-order chi connectivity index (χ0) is 24.2. The molecule has 2 aromatic rings. The van der Waals surface area contributed by atoms with E-state index in [-0.39, 0.29) is 23.8 Å². The molecule has 176 valence electrons.